The van der Waals surface area contributed by atoms with Crippen LogP contribution in [0.5, 0.6) is 0 Å². The minimum absolute atomic E-state index is 0.117. The van der Waals surface area contributed by atoms with Crippen molar-refractivity contribution in [3.8, 4) is 0 Å². The molecule has 0 N–H and O–H groups in total. The van der Waals surface area contributed by atoms with Crippen LogP contribution in [0, 0.1) is 5.82 Å². The standard InChI is InChI=1S/C15H15FN2O2S/c1-18(2)15(12-8-10-13(16)11-9-12)17-21(19,20)14-6-4-3-5-7-14/h3-11H,1-2H3/b17-15-. The molecule has 0 unspecified atom stereocenters. The maximum Gasteiger partial charge on any atom is 0.284 e. The van der Waals surface area contributed by atoms with E-state index in [0.29, 0.717) is 5.56 Å². The van der Waals surface area contributed by atoms with E-state index in [1.54, 1.807) is 37.2 Å². The van der Waals surface area contributed by atoms with E-state index in [-0.39, 0.29) is 16.5 Å². The molecule has 0 amide bonds. The molecular weight excluding hydrogens is 291 g/mol. The third-order valence-electron chi connectivity index (χ3n) is 2.77. The van der Waals surface area contributed by atoms with Crippen molar-refractivity contribution in [2.75, 3.05) is 14.1 Å². The summed E-state index contributed by atoms with van der Waals surface area (Å²) in [4.78, 5) is 1.69. The van der Waals surface area contributed by atoms with Crippen molar-refractivity contribution in [2.45, 2.75) is 4.90 Å². The average molecular weight is 306 g/mol. The highest BCUT2D eigenvalue weighted by atomic mass is 32.2. The van der Waals surface area contributed by atoms with Gasteiger partial charge in [-0.05, 0) is 36.4 Å². The van der Waals surface area contributed by atoms with Crippen LogP contribution in [0.1, 0.15) is 5.56 Å². The molecule has 0 heterocycles. The molecular formula is C15H15FN2O2S. The van der Waals surface area contributed by atoms with Gasteiger partial charge < -0.3 is 4.90 Å². The fourth-order valence-corrected chi connectivity index (χ4v) is 2.85. The predicted molar refractivity (Wildman–Crippen MR) is 80.3 cm³/mol. The normalized spacial score (nSPS) is 12.2. The van der Waals surface area contributed by atoms with Gasteiger partial charge in [0.25, 0.3) is 10.0 Å². The van der Waals surface area contributed by atoms with E-state index in [2.05, 4.69) is 4.40 Å². The highest BCUT2D eigenvalue weighted by Gasteiger charge is 2.16. The third-order valence-corrected chi connectivity index (χ3v) is 4.05. The van der Waals surface area contributed by atoms with Crippen molar-refractivity contribution >= 4 is 15.9 Å². The Morgan fingerprint density at radius 2 is 1.57 bits per heavy atom. The second-order valence-corrected chi connectivity index (χ2v) is 6.21. The molecule has 0 atom stereocenters. The quantitative estimate of drug-likeness (QED) is 0.647. The highest BCUT2D eigenvalue weighted by Crippen LogP contribution is 2.14. The van der Waals surface area contributed by atoms with Gasteiger partial charge in [-0.2, -0.15) is 8.42 Å². The van der Waals surface area contributed by atoms with Gasteiger partial charge in [0.2, 0.25) is 0 Å². The van der Waals surface area contributed by atoms with Gasteiger partial charge in [-0.3, -0.25) is 0 Å². The number of sulfonamides is 1. The lowest BCUT2D eigenvalue weighted by molar-refractivity contribution is 0.592. The van der Waals surface area contributed by atoms with Crippen LogP contribution in [0.3, 0.4) is 0 Å². The van der Waals surface area contributed by atoms with Gasteiger partial charge in [0, 0.05) is 19.7 Å². The van der Waals surface area contributed by atoms with E-state index in [9.17, 15) is 12.8 Å². The summed E-state index contributed by atoms with van der Waals surface area (Å²) in [5, 5.41) is 0. The Bertz CT molecular complexity index is 739. The van der Waals surface area contributed by atoms with Crippen LogP contribution in [0.4, 0.5) is 4.39 Å². The topological polar surface area (TPSA) is 49.7 Å². The Morgan fingerprint density at radius 3 is 2.10 bits per heavy atom. The van der Waals surface area contributed by atoms with Crippen molar-refractivity contribution in [2.24, 2.45) is 4.40 Å². The van der Waals surface area contributed by atoms with E-state index >= 15 is 0 Å². The van der Waals surface area contributed by atoms with Crippen LogP contribution >= 0.6 is 0 Å². The first kappa shape index (κ1) is 15.2. The van der Waals surface area contributed by atoms with Gasteiger partial charge >= 0.3 is 0 Å². The monoisotopic (exact) mass is 306 g/mol. The number of benzene rings is 2. The molecule has 0 radical (unpaired) electrons. The molecule has 0 aliphatic rings. The Kier molecular flexibility index (Phi) is 4.37. The van der Waals surface area contributed by atoms with Gasteiger partial charge in [0.1, 0.15) is 11.7 Å². The molecule has 21 heavy (non-hydrogen) atoms. The van der Waals surface area contributed by atoms with E-state index < -0.39 is 10.0 Å². The summed E-state index contributed by atoms with van der Waals surface area (Å²) in [7, 11) is -0.444. The predicted octanol–water partition coefficient (Wildman–Crippen LogP) is 2.52. The number of amidine groups is 1. The van der Waals surface area contributed by atoms with Crippen LogP contribution in [-0.2, 0) is 10.0 Å². The first-order valence-corrected chi connectivity index (χ1v) is 7.67. The minimum Gasteiger partial charge on any atom is -0.362 e. The summed E-state index contributed by atoms with van der Waals surface area (Å²) < 4.78 is 41.5. The zero-order valence-electron chi connectivity index (χ0n) is 11.7. The number of hydrogen-bond donors (Lipinski definition) is 0. The Hall–Kier alpha value is -2.21. The maximum absolute atomic E-state index is 13.0. The fraction of sp³-hybridized carbons (Fsp3) is 0.133. The Labute approximate surface area is 123 Å². The number of rotatable bonds is 3. The van der Waals surface area contributed by atoms with Crippen molar-refractivity contribution in [3.05, 3.63) is 66.0 Å². The summed E-state index contributed by atoms with van der Waals surface area (Å²) in [5.41, 5.74) is 0.529. The number of halogens is 1. The molecule has 2 aromatic rings. The molecule has 0 aliphatic carbocycles. The van der Waals surface area contributed by atoms with Gasteiger partial charge in [-0.15, -0.1) is 4.40 Å². The first-order valence-electron chi connectivity index (χ1n) is 6.23. The summed E-state index contributed by atoms with van der Waals surface area (Å²) in [6.45, 7) is 0. The van der Waals surface area contributed by atoms with E-state index in [1.807, 2.05) is 0 Å². The Balaban J connectivity index is 2.50. The minimum atomic E-state index is -3.81. The van der Waals surface area contributed by atoms with Gasteiger partial charge in [-0.1, -0.05) is 18.2 Å². The van der Waals surface area contributed by atoms with E-state index in [1.165, 1.54) is 36.4 Å². The summed E-state index contributed by atoms with van der Waals surface area (Å²) in [6, 6.07) is 13.5. The lowest BCUT2D eigenvalue weighted by Crippen LogP contribution is -2.24. The third kappa shape index (κ3) is 3.66. The van der Waals surface area contributed by atoms with Gasteiger partial charge in [0.15, 0.2) is 0 Å². The van der Waals surface area contributed by atoms with Gasteiger partial charge in [0.05, 0.1) is 4.90 Å². The average Bonchev–Trinajstić information content (AvgIpc) is 2.47. The highest BCUT2D eigenvalue weighted by molar-refractivity contribution is 7.90. The molecule has 2 rings (SSSR count). The maximum atomic E-state index is 13.0. The second kappa shape index (κ2) is 6.05. The van der Waals surface area contributed by atoms with Gasteiger partial charge in [-0.25, -0.2) is 4.39 Å². The molecule has 2 aromatic carbocycles. The van der Waals surface area contributed by atoms with E-state index in [0.717, 1.165) is 0 Å². The zero-order valence-corrected chi connectivity index (χ0v) is 12.5. The molecule has 0 aromatic heterocycles. The smallest absolute Gasteiger partial charge is 0.284 e. The SMILES string of the molecule is CN(C)/C(=N\S(=O)(=O)c1ccccc1)c1ccc(F)cc1. The van der Waals surface area contributed by atoms with Crippen molar-refractivity contribution in [1.29, 1.82) is 0 Å². The molecule has 0 saturated carbocycles. The lowest BCUT2D eigenvalue weighted by atomic mass is 10.2. The van der Waals surface area contributed by atoms with Crippen LogP contribution in [0.15, 0.2) is 63.9 Å². The number of nitrogens with zero attached hydrogens (tertiary/aromatic N) is 2. The van der Waals surface area contributed by atoms with E-state index in [4.69, 9.17) is 0 Å². The fourth-order valence-electron chi connectivity index (χ4n) is 1.75. The summed E-state index contributed by atoms with van der Waals surface area (Å²) in [6.07, 6.45) is 0. The molecule has 0 spiro atoms. The summed E-state index contributed by atoms with van der Waals surface area (Å²) in [5.74, 6) is -0.137. The van der Waals surface area contributed by atoms with Crippen LogP contribution in [0.2, 0.25) is 0 Å². The largest absolute Gasteiger partial charge is 0.362 e. The van der Waals surface area contributed by atoms with Crippen LogP contribution in [0.25, 0.3) is 0 Å². The lowest BCUT2D eigenvalue weighted by Gasteiger charge is -2.15. The second-order valence-electron chi connectivity index (χ2n) is 4.60. The van der Waals surface area contributed by atoms with Crippen molar-refractivity contribution < 1.29 is 12.8 Å². The zero-order chi connectivity index (χ0) is 15.5. The summed E-state index contributed by atoms with van der Waals surface area (Å²) >= 11 is 0. The molecule has 4 nitrogen and oxygen atoms in total. The molecule has 110 valence electrons. The van der Waals surface area contributed by atoms with Crippen LogP contribution < -0.4 is 0 Å². The number of hydrogen-bond acceptors (Lipinski definition) is 2. The molecule has 0 fully saturated rings. The molecule has 6 heteroatoms. The van der Waals surface area contributed by atoms with Crippen molar-refractivity contribution in [3.63, 3.8) is 0 Å². The molecule has 0 aliphatic heterocycles. The van der Waals surface area contributed by atoms with Crippen molar-refractivity contribution in [1.82, 2.24) is 4.90 Å². The molecule has 0 bridgehead atoms. The van der Waals surface area contributed by atoms with Crippen LogP contribution in [-0.4, -0.2) is 33.2 Å². The Morgan fingerprint density at radius 1 is 1.00 bits per heavy atom. The first-order chi connectivity index (χ1) is 9.90. The molecule has 0 saturated heterocycles.